The fourth-order valence-corrected chi connectivity index (χ4v) is 0.825. The molecule has 1 unspecified atom stereocenters. The standard InChI is InChI=1S/C5H5F5.C4H8O/c1-3(5(8,9)10)2-4(3,6)7;1-3-5-4-2/h2H2,1H3;3H,1,4H2,2H3. The molecule has 1 nitrogen and oxygen atoms in total. The molecule has 1 saturated carbocycles. The van der Waals surface area contributed by atoms with Crippen molar-refractivity contribution in [2.45, 2.75) is 32.4 Å². The van der Waals surface area contributed by atoms with Gasteiger partial charge in [-0.15, -0.1) is 0 Å². The third-order valence-electron chi connectivity index (χ3n) is 2.17. The van der Waals surface area contributed by atoms with Crippen LogP contribution in [0, 0.1) is 5.41 Å². The van der Waals surface area contributed by atoms with E-state index in [1.54, 1.807) is 0 Å². The molecule has 0 radical (unpaired) electrons. The lowest BCUT2D eigenvalue weighted by Crippen LogP contribution is -2.27. The molecule has 1 rings (SSSR count). The molecular weight excluding hydrogens is 219 g/mol. The number of rotatable bonds is 2. The van der Waals surface area contributed by atoms with Crippen LogP contribution >= 0.6 is 0 Å². The van der Waals surface area contributed by atoms with Crippen LogP contribution in [0.2, 0.25) is 0 Å². The van der Waals surface area contributed by atoms with Gasteiger partial charge in [-0.3, -0.25) is 0 Å². The van der Waals surface area contributed by atoms with Crippen LogP contribution in [0.25, 0.3) is 0 Å². The molecule has 90 valence electrons. The summed E-state index contributed by atoms with van der Waals surface area (Å²) < 4.78 is 63.4. The van der Waals surface area contributed by atoms with Crippen molar-refractivity contribution >= 4 is 0 Å². The first-order valence-corrected chi connectivity index (χ1v) is 4.29. The third-order valence-corrected chi connectivity index (χ3v) is 2.17. The van der Waals surface area contributed by atoms with Crippen molar-refractivity contribution in [2.24, 2.45) is 5.41 Å². The van der Waals surface area contributed by atoms with Gasteiger partial charge in [0.05, 0.1) is 12.9 Å². The van der Waals surface area contributed by atoms with Crippen molar-refractivity contribution in [3.63, 3.8) is 0 Å². The molecule has 0 aromatic heterocycles. The molecule has 1 aliphatic carbocycles. The highest BCUT2D eigenvalue weighted by atomic mass is 19.4. The van der Waals surface area contributed by atoms with Gasteiger partial charge in [-0.05, 0) is 13.8 Å². The molecule has 1 aliphatic rings. The van der Waals surface area contributed by atoms with Crippen LogP contribution in [0.5, 0.6) is 0 Å². The van der Waals surface area contributed by atoms with Gasteiger partial charge in [0, 0.05) is 6.42 Å². The zero-order valence-corrected chi connectivity index (χ0v) is 8.50. The molecule has 0 aliphatic heterocycles. The van der Waals surface area contributed by atoms with E-state index >= 15 is 0 Å². The molecule has 1 atom stereocenters. The van der Waals surface area contributed by atoms with Crippen LogP contribution in [0.3, 0.4) is 0 Å². The molecule has 0 N–H and O–H groups in total. The third kappa shape index (κ3) is 3.07. The zero-order chi connectivity index (χ0) is 12.3. The Balaban J connectivity index is 0.000000336. The average molecular weight is 232 g/mol. The minimum absolute atomic E-state index is 0.535. The van der Waals surface area contributed by atoms with Gasteiger partial charge < -0.3 is 4.74 Å². The van der Waals surface area contributed by atoms with Crippen LogP contribution in [0.15, 0.2) is 12.8 Å². The topological polar surface area (TPSA) is 9.23 Å². The highest BCUT2D eigenvalue weighted by molar-refractivity contribution is 5.11. The van der Waals surface area contributed by atoms with E-state index < -0.39 is 23.9 Å². The molecular formula is C9H13F5O. The van der Waals surface area contributed by atoms with Crippen molar-refractivity contribution in [1.82, 2.24) is 0 Å². The molecule has 0 saturated heterocycles. The van der Waals surface area contributed by atoms with E-state index in [0.29, 0.717) is 6.92 Å². The predicted octanol–water partition coefficient (Wildman–Crippen LogP) is 3.76. The first-order chi connectivity index (χ1) is 6.62. The second-order valence-electron chi connectivity index (χ2n) is 3.33. The Kier molecular flexibility index (Phi) is 4.13. The fourth-order valence-electron chi connectivity index (χ4n) is 0.825. The minimum atomic E-state index is -4.77. The molecule has 0 aromatic carbocycles. The first kappa shape index (κ1) is 14.2. The normalized spacial score (nSPS) is 27.4. The summed E-state index contributed by atoms with van der Waals surface area (Å²) in [6, 6.07) is 0. The maximum atomic E-state index is 12.0. The Bertz CT molecular complexity index is 223. The van der Waals surface area contributed by atoms with E-state index in [2.05, 4.69) is 11.3 Å². The van der Waals surface area contributed by atoms with E-state index in [0.717, 1.165) is 6.61 Å². The molecule has 1 fully saturated rings. The number of hydrogen-bond acceptors (Lipinski definition) is 1. The first-order valence-electron chi connectivity index (χ1n) is 4.29. The highest BCUT2D eigenvalue weighted by Gasteiger charge is 2.80. The van der Waals surface area contributed by atoms with Gasteiger partial charge in [-0.1, -0.05) is 6.58 Å². The second kappa shape index (κ2) is 4.37. The molecule has 0 bridgehead atoms. The summed E-state index contributed by atoms with van der Waals surface area (Å²) in [7, 11) is 0. The Morgan fingerprint density at radius 3 is 1.80 bits per heavy atom. The fraction of sp³-hybridized carbons (Fsp3) is 0.778. The monoisotopic (exact) mass is 232 g/mol. The van der Waals surface area contributed by atoms with E-state index in [9.17, 15) is 22.0 Å². The van der Waals surface area contributed by atoms with Gasteiger partial charge in [0.25, 0.3) is 5.92 Å². The van der Waals surface area contributed by atoms with E-state index in [1.807, 2.05) is 6.92 Å². The summed E-state index contributed by atoms with van der Waals surface area (Å²) in [4.78, 5) is 0. The maximum Gasteiger partial charge on any atom is 0.400 e. The SMILES string of the molecule is C=COCC.CC1(C(F)(F)F)CC1(F)F. The van der Waals surface area contributed by atoms with Crippen LogP contribution in [0.4, 0.5) is 22.0 Å². The maximum absolute atomic E-state index is 12.0. The number of halogens is 5. The molecule has 15 heavy (non-hydrogen) atoms. The van der Waals surface area contributed by atoms with Gasteiger partial charge in [0.1, 0.15) is 5.41 Å². The van der Waals surface area contributed by atoms with Crippen LogP contribution in [-0.2, 0) is 4.74 Å². The van der Waals surface area contributed by atoms with Crippen molar-refractivity contribution in [2.75, 3.05) is 6.61 Å². The summed E-state index contributed by atoms with van der Waals surface area (Å²) in [5, 5.41) is 0. The van der Waals surface area contributed by atoms with Crippen molar-refractivity contribution in [1.29, 1.82) is 0 Å². The van der Waals surface area contributed by atoms with Crippen LogP contribution in [0.1, 0.15) is 20.3 Å². The Morgan fingerprint density at radius 2 is 1.80 bits per heavy atom. The van der Waals surface area contributed by atoms with Gasteiger partial charge in [-0.25, -0.2) is 8.78 Å². The van der Waals surface area contributed by atoms with E-state index in [-0.39, 0.29) is 0 Å². The quantitative estimate of drug-likeness (QED) is 0.520. The van der Waals surface area contributed by atoms with Gasteiger partial charge in [-0.2, -0.15) is 13.2 Å². The van der Waals surface area contributed by atoms with Crippen LogP contribution < -0.4 is 0 Å². The molecule has 0 heterocycles. The lowest BCUT2D eigenvalue weighted by atomic mass is 10.1. The second-order valence-corrected chi connectivity index (χ2v) is 3.33. The zero-order valence-electron chi connectivity index (χ0n) is 8.50. The largest absolute Gasteiger partial charge is 0.502 e. The number of ether oxygens (including phenoxy) is 1. The Morgan fingerprint density at radius 1 is 1.40 bits per heavy atom. The number of alkyl halides is 5. The summed E-state index contributed by atoms with van der Waals surface area (Å²) >= 11 is 0. The summed E-state index contributed by atoms with van der Waals surface area (Å²) in [6.45, 7) is 6.51. The van der Waals surface area contributed by atoms with E-state index in [1.165, 1.54) is 6.26 Å². The number of hydrogen-bond donors (Lipinski definition) is 0. The summed E-state index contributed by atoms with van der Waals surface area (Å²) in [6.07, 6.45) is -4.40. The van der Waals surface area contributed by atoms with Crippen molar-refractivity contribution in [3.8, 4) is 0 Å². The van der Waals surface area contributed by atoms with Gasteiger partial charge >= 0.3 is 6.18 Å². The van der Waals surface area contributed by atoms with Crippen LogP contribution in [-0.4, -0.2) is 18.7 Å². The van der Waals surface area contributed by atoms with Crippen molar-refractivity contribution < 1.29 is 26.7 Å². The Labute approximate surface area is 84.9 Å². The van der Waals surface area contributed by atoms with Gasteiger partial charge in [0.15, 0.2) is 0 Å². The highest BCUT2D eigenvalue weighted by Crippen LogP contribution is 2.67. The van der Waals surface area contributed by atoms with E-state index in [4.69, 9.17) is 0 Å². The molecule has 0 amide bonds. The smallest absolute Gasteiger partial charge is 0.400 e. The lowest BCUT2D eigenvalue weighted by molar-refractivity contribution is -0.205. The minimum Gasteiger partial charge on any atom is -0.502 e. The predicted molar refractivity (Wildman–Crippen MR) is 45.5 cm³/mol. The Hall–Kier alpha value is -0.810. The lowest BCUT2D eigenvalue weighted by Gasteiger charge is -2.13. The average Bonchev–Trinajstić information content (AvgIpc) is 2.54. The molecule has 6 heteroatoms. The molecule has 0 spiro atoms. The van der Waals surface area contributed by atoms with Gasteiger partial charge in [0.2, 0.25) is 0 Å². The summed E-state index contributed by atoms with van der Waals surface area (Å²) in [5.41, 5.74) is -2.75. The molecule has 0 aromatic rings. The summed E-state index contributed by atoms with van der Waals surface area (Å²) in [5.74, 6) is -3.54. The van der Waals surface area contributed by atoms with Crippen molar-refractivity contribution in [3.05, 3.63) is 12.8 Å².